The zero-order chi connectivity index (χ0) is 32.0. The number of amides is 1. The molecule has 1 saturated carbocycles. The van der Waals surface area contributed by atoms with Crippen molar-refractivity contribution < 1.29 is 19.1 Å². The monoisotopic (exact) mass is 607 g/mol. The van der Waals surface area contributed by atoms with Gasteiger partial charge in [0.25, 0.3) is 0 Å². The van der Waals surface area contributed by atoms with Crippen LogP contribution in [-0.4, -0.2) is 42.6 Å². The summed E-state index contributed by atoms with van der Waals surface area (Å²) in [5.41, 5.74) is 4.39. The molecule has 9 heteroatoms. The van der Waals surface area contributed by atoms with Crippen LogP contribution in [0.3, 0.4) is 0 Å². The molecular formula is C36H41N5O4. The molecule has 1 atom stereocenters. The Hall–Kier alpha value is -4.66. The molecule has 0 spiro atoms. The van der Waals surface area contributed by atoms with E-state index in [1.807, 2.05) is 59.9 Å². The lowest BCUT2D eigenvalue weighted by atomic mass is 9.71. The molecule has 1 amide bonds. The molecule has 0 radical (unpaired) electrons. The van der Waals surface area contributed by atoms with Gasteiger partial charge in [-0.15, -0.1) is 0 Å². The molecule has 2 aliphatic rings. The maximum absolute atomic E-state index is 13.1. The number of fused-ring (bicyclic) bond motifs is 1. The van der Waals surface area contributed by atoms with Gasteiger partial charge in [-0.25, -0.2) is 14.6 Å². The third-order valence-electron chi connectivity index (χ3n) is 8.16. The highest BCUT2D eigenvalue weighted by Gasteiger charge is 2.41. The molecular weight excluding hydrogens is 566 g/mol. The highest BCUT2D eigenvalue weighted by atomic mass is 16.6. The van der Waals surface area contributed by atoms with E-state index in [1.165, 1.54) is 4.68 Å². The average Bonchev–Trinajstić information content (AvgIpc) is 3.59. The highest BCUT2D eigenvalue weighted by molar-refractivity contribution is 5.84. The summed E-state index contributed by atoms with van der Waals surface area (Å²) < 4.78 is 14.6. The zero-order valence-electron chi connectivity index (χ0n) is 26.8. The molecule has 6 rings (SSSR count). The lowest BCUT2D eigenvalue weighted by molar-refractivity contribution is 0.0376. The summed E-state index contributed by atoms with van der Waals surface area (Å²) in [4.78, 5) is 31.0. The first-order chi connectivity index (χ1) is 21.3. The normalized spacial score (nSPS) is 17.6. The molecule has 0 bridgehead atoms. The van der Waals surface area contributed by atoms with Crippen molar-refractivity contribution in [1.82, 2.24) is 24.5 Å². The SMILES string of the molecule is CC(C)(C)OC(=O)NC1(c2ccc(-c3nc4c(-c5ccnn5C(=O)OC(C)(C)C)cccn4c3C3C=CC=CC3)cc2)CCC1. The van der Waals surface area contributed by atoms with Gasteiger partial charge < -0.3 is 19.2 Å². The van der Waals surface area contributed by atoms with Crippen LogP contribution in [0.1, 0.15) is 84.4 Å². The van der Waals surface area contributed by atoms with Crippen LogP contribution in [0.25, 0.3) is 28.2 Å². The van der Waals surface area contributed by atoms with E-state index < -0.39 is 28.9 Å². The largest absolute Gasteiger partial charge is 0.444 e. The first-order valence-electron chi connectivity index (χ1n) is 15.6. The average molecular weight is 608 g/mol. The minimum Gasteiger partial charge on any atom is -0.444 e. The number of rotatable bonds is 5. The van der Waals surface area contributed by atoms with Crippen LogP contribution < -0.4 is 5.32 Å². The quantitative estimate of drug-likeness (QED) is 0.246. The van der Waals surface area contributed by atoms with Gasteiger partial charge in [0.1, 0.15) is 16.8 Å². The van der Waals surface area contributed by atoms with Gasteiger partial charge in [0.05, 0.1) is 28.8 Å². The predicted molar refractivity (Wildman–Crippen MR) is 174 cm³/mol. The summed E-state index contributed by atoms with van der Waals surface area (Å²) in [6.45, 7) is 11.1. The van der Waals surface area contributed by atoms with Crippen molar-refractivity contribution in [2.75, 3.05) is 0 Å². The molecule has 3 heterocycles. The molecule has 1 fully saturated rings. The minimum atomic E-state index is -0.659. The number of pyridine rings is 1. The van der Waals surface area contributed by atoms with Crippen LogP contribution in [0.5, 0.6) is 0 Å². The Labute approximate surface area is 263 Å². The van der Waals surface area contributed by atoms with Gasteiger partial charge in [0.2, 0.25) is 0 Å². The van der Waals surface area contributed by atoms with E-state index in [-0.39, 0.29) is 5.92 Å². The summed E-state index contributed by atoms with van der Waals surface area (Å²) in [5, 5.41) is 7.45. The van der Waals surface area contributed by atoms with Crippen molar-refractivity contribution in [1.29, 1.82) is 0 Å². The molecule has 4 aromatic rings. The van der Waals surface area contributed by atoms with Gasteiger partial charge in [-0.3, -0.25) is 0 Å². The van der Waals surface area contributed by atoms with Gasteiger partial charge in [-0.1, -0.05) is 48.6 Å². The molecule has 3 aromatic heterocycles. The number of nitrogens with one attached hydrogen (secondary N) is 1. The van der Waals surface area contributed by atoms with E-state index in [1.54, 1.807) is 12.3 Å². The number of carbonyl (C=O) groups is 2. The Bertz CT molecular complexity index is 1790. The summed E-state index contributed by atoms with van der Waals surface area (Å²) in [6.07, 6.45) is 14.8. The van der Waals surface area contributed by atoms with Crippen molar-refractivity contribution >= 4 is 17.8 Å². The summed E-state index contributed by atoms with van der Waals surface area (Å²) in [7, 11) is 0. The van der Waals surface area contributed by atoms with Gasteiger partial charge in [0.15, 0.2) is 0 Å². The number of nitrogens with zero attached hydrogens (tertiary/aromatic N) is 4. The highest BCUT2D eigenvalue weighted by Crippen LogP contribution is 2.43. The smallest absolute Gasteiger partial charge is 0.435 e. The van der Waals surface area contributed by atoms with Gasteiger partial charge in [-0.05, 0) is 91.0 Å². The predicted octanol–water partition coefficient (Wildman–Crippen LogP) is 8.15. The molecule has 9 nitrogen and oxygen atoms in total. The van der Waals surface area contributed by atoms with Crippen LogP contribution in [0, 0.1) is 0 Å². The molecule has 1 unspecified atom stereocenters. The molecule has 2 aliphatic carbocycles. The Balaban J connectivity index is 1.41. The number of carbonyl (C=O) groups excluding carboxylic acids is 2. The van der Waals surface area contributed by atoms with Crippen LogP contribution in [0.2, 0.25) is 0 Å². The van der Waals surface area contributed by atoms with E-state index in [4.69, 9.17) is 14.5 Å². The maximum atomic E-state index is 13.1. The lowest BCUT2D eigenvalue weighted by Gasteiger charge is -2.43. The van der Waals surface area contributed by atoms with E-state index in [0.29, 0.717) is 5.69 Å². The Kier molecular flexibility index (Phi) is 7.67. The third-order valence-corrected chi connectivity index (χ3v) is 8.16. The van der Waals surface area contributed by atoms with Crippen LogP contribution in [0.15, 0.2) is 79.2 Å². The fourth-order valence-electron chi connectivity index (χ4n) is 6.06. The molecule has 234 valence electrons. The van der Waals surface area contributed by atoms with Crippen molar-refractivity contribution in [2.45, 2.75) is 89.9 Å². The van der Waals surface area contributed by atoms with Crippen LogP contribution in [-0.2, 0) is 15.0 Å². The number of benzene rings is 1. The summed E-state index contributed by atoms with van der Waals surface area (Å²) >= 11 is 0. The second-order valence-corrected chi connectivity index (χ2v) is 13.9. The van der Waals surface area contributed by atoms with Crippen LogP contribution in [0.4, 0.5) is 9.59 Å². The first-order valence-corrected chi connectivity index (χ1v) is 15.6. The van der Waals surface area contributed by atoms with Crippen molar-refractivity contribution in [2.24, 2.45) is 0 Å². The first kappa shape index (κ1) is 30.4. The molecule has 1 N–H and O–H groups in total. The Morgan fingerprint density at radius 3 is 2.31 bits per heavy atom. The standard InChI is InChI=1S/C36H41N5O4/c1-34(2,3)44-32(42)39-36(20-11-21-36)26-17-15-24(16-18-26)29-30(25-12-8-7-9-13-25)40-23-10-14-27(31(40)38-29)28-19-22-37-41(28)33(43)45-35(4,5)6/h7-10,12,14-19,22-23,25H,11,13,20-21H2,1-6H3,(H,39,42). The number of hydrogen-bond acceptors (Lipinski definition) is 6. The van der Waals surface area contributed by atoms with E-state index >= 15 is 0 Å². The van der Waals surface area contributed by atoms with E-state index in [9.17, 15) is 9.59 Å². The van der Waals surface area contributed by atoms with E-state index in [0.717, 1.165) is 59.4 Å². The second kappa shape index (κ2) is 11.4. The van der Waals surface area contributed by atoms with E-state index in [2.05, 4.69) is 63.4 Å². The third kappa shape index (κ3) is 6.16. The molecule has 1 aromatic carbocycles. The number of hydrogen-bond donors (Lipinski definition) is 1. The maximum Gasteiger partial charge on any atom is 0.435 e. The number of ether oxygens (including phenoxy) is 2. The number of imidazole rings is 1. The lowest BCUT2D eigenvalue weighted by Crippen LogP contribution is -2.52. The summed E-state index contributed by atoms with van der Waals surface area (Å²) in [5.74, 6) is 0.109. The Morgan fingerprint density at radius 1 is 0.956 bits per heavy atom. The summed E-state index contributed by atoms with van der Waals surface area (Å²) in [6, 6.07) is 14.1. The van der Waals surface area contributed by atoms with Gasteiger partial charge in [0, 0.05) is 23.2 Å². The molecule has 0 saturated heterocycles. The van der Waals surface area contributed by atoms with Crippen molar-refractivity contribution in [3.63, 3.8) is 0 Å². The van der Waals surface area contributed by atoms with Gasteiger partial charge >= 0.3 is 12.2 Å². The van der Waals surface area contributed by atoms with Crippen LogP contribution >= 0.6 is 0 Å². The minimum absolute atomic E-state index is 0.109. The molecule has 45 heavy (non-hydrogen) atoms. The molecule has 0 aliphatic heterocycles. The fourth-order valence-corrected chi connectivity index (χ4v) is 6.06. The fraction of sp³-hybridized carbons (Fsp3) is 0.389. The van der Waals surface area contributed by atoms with Gasteiger partial charge in [-0.2, -0.15) is 9.78 Å². The zero-order valence-corrected chi connectivity index (χ0v) is 26.8. The number of alkyl carbamates (subject to hydrolysis) is 1. The number of aromatic nitrogens is 4. The topological polar surface area (TPSA) is 99.7 Å². The van der Waals surface area contributed by atoms with Crippen molar-refractivity contribution in [3.05, 3.63) is 90.4 Å². The Morgan fingerprint density at radius 2 is 1.69 bits per heavy atom. The number of allylic oxidation sites excluding steroid dienone is 4. The second-order valence-electron chi connectivity index (χ2n) is 13.9. The van der Waals surface area contributed by atoms with Crippen molar-refractivity contribution in [3.8, 4) is 22.5 Å².